The number of carbonyl (C=O) groups is 3. The third-order valence-electron chi connectivity index (χ3n) is 2.10. The molecular formula is C11H12BrN3O4. The number of amides is 2. The van der Waals surface area contributed by atoms with E-state index in [1.807, 2.05) is 0 Å². The number of aliphatic carboxylic acids is 1. The number of hydrogen-bond donors (Lipinski definition) is 4. The van der Waals surface area contributed by atoms with Crippen LogP contribution in [0.15, 0.2) is 22.7 Å². The second-order valence-electron chi connectivity index (χ2n) is 3.58. The minimum atomic E-state index is -1.16. The summed E-state index contributed by atoms with van der Waals surface area (Å²) in [6.45, 7) is -0.809. The van der Waals surface area contributed by atoms with Crippen molar-refractivity contribution in [2.75, 3.05) is 18.8 Å². The molecular weight excluding hydrogens is 318 g/mol. The SMILES string of the molecule is Nc1cc(Br)ccc1C(=O)NCC(=O)NCC(=O)O. The van der Waals surface area contributed by atoms with Gasteiger partial charge in [0.25, 0.3) is 5.91 Å². The van der Waals surface area contributed by atoms with Crippen LogP contribution in [-0.2, 0) is 9.59 Å². The maximum atomic E-state index is 11.7. The van der Waals surface area contributed by atoms with Crippen LogP contribution in [0.25, 0.3) is 0 Å². The maximum absolute atomic E-state index is 11.7. The van der Waals surface area contributed by atoms with Crippen LogP contribution in [0.4, 0.5) is 5.69 Å². The van der Waals surface area contributed by atoms with Gasteiger partial charge in [-0.15, -0.1) is 0 Å². The Bertz CT molecular complexity index is 519. The van der Waals surface area contributed by atoms with Crippen molar-refractivity contribution in [3.8, 4) is 0 Å². The number of anilines is 1. The second-order valence-corrected chi connectivity index (χ2v) is 4.50. The molecule has 0 heterocycles. The first-order chi connectivity index (χ1) is 8.90. The summed E-state index contributed by atoms with van der Waals surface area (Å²) in [6, 6.07) is 4.74. The summed E-state index contributed by atoms with van der Waals surface area (Å²) < 4.78 is 0.737. The van der Waals surface area contributed by atoms with Crippen molar-refractivity contribution in [3.05, 3.63) is 28.2 Å². The van der Waals surface area contributed by atoms with Gasteiger partial charge in [0.2, 0.25) is 5.91 Å². The summed E-state index contributed by atoms with van der Waals surface area (Å²) in [7, 11) is 0. The standard InChI is InChI=1S/C11H12BrN3O4/c12-6-1-2-7(8(13)3-6)11(19)15-4-9(16)14-5-10(17)18/h1-3H,4-5,13H2,(H,14,16)(H,15,19)(H,17,18). The molecule has 7 nitrogen and oxygen atoms in total. The number of nitrogens with two attached hydrogens (primary N) is 1. The van der Waals surface area contributed by atoms with Crippen LogP contribution in [0.2, 0.25) is 0 Å². The number of carboxylic acids is 1. The van der Waals surface area contributed by atoms with E-state index < -0.39 is 24.3 Å². The number of hydrogen-bond acceptors (Lipinski definition) is 4. The zero-order valence-corrected chi connectivity index (χ0v) is 11.4. The highest BCUT2D eigenvalue weighted by atomic mass is 79.9. The predicted octanol–water partition coefficient (Wildman–Crippen LogP) is -0.0381. The zero-order valence-electron chi connectivity index (χ0n) is 9.77. The van der Waals surface area contributed by atoms with Crippen LogP contribution in [0.3, 0.4) is 0 Å². The van der Waals surface area contributed by atoms with Crippen molar-refractivity contribution in [1.29, 1.82) is 0 Å². The molecule has 2 amide bonds. The highest BCUT2D eigenvalue weighted by molar-refractivity contribution is 9.10. The van der Waals surface area contributed by atoms with Gasteiger partial charge in [-0.2, -0.15) is 0 Å². The number of carbonyl (C=O) groups excluding carboxylic acids is 2. The number of carboxylic acid groups (broad SMARTS) is 1. The lowest BCUT2D eigenvalue weighted by molar-refractivity contribution is -0.137. The van der Waals surface area contributed by atoms with Crippen LogP contribution in [0, 0.1) is 0 Å². The Labute approximate surface area is 117 Å². The highest BCUT2D eigenvalue weighted by Crippen LogP contribution is 2.18. The second kappa shape index (κ2) is 6.74. The summed E-state index contributed by atoms with van der Waals surface area (Å²) in [5.41, 5.74) is 6.18. The Balaban J connectivity index is 2.51. The van der Waals surface area contributed by atoms with E-state index in [2.05, 4.69) is 26.6 Å². The fourth-order valence-electron chi connectivity index (χ4n) is 1.23. The van der Waals surface area contributed by atoms with Gasteiger partial charge in [0.15, 0.2) is 0 Å². The smallest absolute Gasteiger partial charge is 0.322 e. The lowest BCUT2D eigenvalue weighted by Gasteiger charge is -2.07. The van der Waals surface area contributed by atoms with E-state index in [1.165, 1.54) is 6.07 Å². The van der Waals surface area contributed by atoms with Crippen molar-refractivity contribution in [3.63, 3.8) is 0 Å². The quantitative estimate of drug-likeness (QED) is 0.565. The fraction of sp³-hybridized carbons (Fsp3) is 0.182. The summed E-state index contributed by atoms with van der Waals surface area (Å²) in [6.07, 6.45) is 0. The average Bonchev–Trinajstić information content (AvgIpc) is 2.33. The Morgan fingerprint density at radius 2 is 1.89 bits per heavy atom. The van der Waals surface area contributed by atoms with E-state index in [0.717, 1.165) is 4.47 Å². The summed E-state index contributed by atoms with van der Waals surface area (Å²) in [5.74, 6) is -2.25. The van der Waals surface area contributed by atoms with E-state index in [1.54, 1.807) is 12.1 Å². The minimum Gasteiger partial charge on any atom is -0.480 e. The third kappa shape index (κ3) is 4.96. The third-order valence-corrected chi connectivity index (χ3v) is 2.60. The normalized spacial score (nSPS) is 9.74. The number of benzene rings is 1. The Morgan fingerprint density at radius 1 is 1.21 bits per heavy atom. The largest absolute Gasteiger partial charge is 0.480 e. The van der Waals surface area contributed by atoms with Crippen molar-refractivity contribution in [2.45, 2.75) is 0 Å². The molecule has 0 aliphatic heterocycles. The lowest BCUT2D eigenvalue weighted by Crippen LogP contribution is -2.39. The van der Waals surface area contributed by atoms with Crippen LogP contribution in [-0.4, -0.2) is 36.0 Å². The van der Waals surface area contributed by atoms with E-state index in [0.29, 0.717) is 0 Å². The maximum Gasteiger partial charge on any atom is 0.322 e. The first-order valence-electron chi connectivity index (χ1n) is 5.22. The monoisotopic (exact) mass is 329 g/mol. The predicted molar refractivity (Wildman–Crippen MR) is 71.5 cm³/mol. The lowest BCUT2D eigenvalue weighted by atomic mass is 10.1. The Morgan fingerprint density at radius 3 is 2.47 bits per heavy atom. The highest BCUT2D eigenvalue weighted by Gasteiger charge is 2.11. The van der Waals surface area contributed by atoms with Gasteiger partial charge in [0.05, 0.1) is 12.1 Å². The van der Waals surface area contributed by atoms with Crippen LogP contribution in [0.5, 0.6) is 0 Å². The van der Waals surface area contributed by atoms with E-state index in [4.69, 9.17) is 10.8 Å². The van der Waals surface area contributed by atoms with Gasteiger partial charge >= 0.3 is 5.97 Å². The van der Waals surface area contributed by atoms with E-state index in [-0.39, 0.29) is 17.8 Å². The number of rotatable bonds is 5. The minimum absolute atomic E-state index is 0.245. The molecule has 5 N–H and O–H groups in total. The van der Waals surface area contributed by atoms with Crippen molar-refractivity contribution < 1.29 is 19.5 Å². The van der Waals surface area contributed by atoms with Gasteiger partial charge in [-0.3, -0.25) is 14.4 Å². The molecule has 0 radical (unpaired) electrons. The molecule has 102 valence electrons. The number of nitrogen functional groups attached to an aromatic ring is 1. The van der Waals surface area contributed by atoms with Crippen LogP contribution < -0.4 is 16.4 Å². The molecule has 0 fully saturated rings. The van der Waals surface area contributed by atoms with Gasteiger partial charge in [0, 0.05) is 10.2 Å². The molecule has 0 unspecified atom stereocenters. The van der Waals surface area contributed by atoms with Crippen molar-refractivity contribution in [2.24, 2.45) is 0 Å². The summed E-state index contributed by atoms with van der Waals surface area (Å²) in [4.78, 5) is 33.1. The number of halogens is 1. The first kappa shape index (κ1) is 15.0. The molecule has 0 aliphatic rings. The van der Waals surface area contributed by atoms with E-state index >= 15 is 0 Å². The Hall–Kier alpha value is -2.09. The average molecular weight is 330 g/mol. The molecule has 1 aromatic carbocycles. The van der Waals surface area contributed by atoms with Gasteiger partial charge < -0.3 is 21.5 Å². The van der Waals surface area contributed by atoms with E-state index in [9.17, 15) is 14.4 Å². The van der Waals surface area contributed by atoms with Gasteiger partial charge in [-0.25, -0.2) is 0 Å². The zero-order chi connectivity index (χ0) is 14.4. The molecule has 0 atom stereocenters. The van der Waals surface area contributed by atoms with Crippen LogP contribution in [0.1, 0.15) is 10.4 Å². The molecule has 0 bridgehead atoms. The summed E-state index contributed by atoms with van der Waals surface area (Å²) >= 11 is 3.21. The van der Waals surface area contributed by atoms with Gasteiger partial charge in [-0.1, -0.05) is 15.9 Å². The summed E-state index contributed by atoms with van der Waals surface area (Å²) in [5, 5.41) is 12.8. The van der Waals surface area contributed by atoms with Crippen molar-refractivity contribution in [1.82, 2.24) is 10.6 Å². The molecule has 1 rings (SSSR count). The molecule has 8 heteroatoms. The number of nitrogens with one attached hydrogen (secondary N) is 2. The van der Waals surface area contributed by atoms with Gasteiger partial charge in [-0.05, 0) is 18.2 Å². The molecule has 0 aromatic heterocycles. The molecule has 0 saturated carbocycles. The Kier molecular flexibility index (Phi) is 5.31. The fourth-order valence-corrected chi connectivity index (χ4v) is 1.61. The van der Waals surface area contributed by atoms with Crippen molar-refractivity contribution >= 4 is 39.4 Å². The molecule has 19 heavy (non-hydrogen) atoms. The van der Waals surface area contributed by atoms with Gasteiger partial charge in [0.1, 0.15) is 6.54 Å². The first-order valence-corrected chi connectivity index (χ1v) is 6.01. The molecule has 1 aromatic rings. The molecule has 0 spiro atoms. The topological polar surface area (TPSA) is 122 Å². The van der Waals surface area contributed by atoms with Crippen LogP contribution >= 0.6 is 15.9 Å². The molecule has 0 aliphatic carbocycles. The molecule has 0 saturated heterocycles.